The fourth-order valence-electron chi connectivity index (χ4n) is 3.20. The monoisotopic (exact) mass is 432 g/mol. The van der Waals surface area contributed by atoms with Gasteiger partial charge in [0, 0.05) is 21.5 Å². The van der Waals surface area contributed by atoms with Crippen LogP contribution in [0.4, 0.5) is 28.9 Å². The molecular weight excluding hydrogens is 420 g/mol. The van der Waals surface area contributed by atoms with E-state index in [1.165, 1.54) is 0 Å². The van der Waals surface area contributed by atoms with Crippen molar-refractivity contribution < 1.29 is 22.4 Å². The van der Waals surface area contributed by atoms with Crippen molar-refractivity contribution in [1.29, 1.82) is 0 Å². The largest absolute Gasteiger partial charge is 0.418 e. The van der Waals surface area contributed by atoms with Gasteiger partial charge in [-0.15, -0.1) is 0 Å². The number of benzene rings is 3. The maximum atomic E-state index is 13.5. The van der Waals surface area contributed by atoms with E-state index in [4.69, 9.17) is 11.6 Å². The fraction of sp³-hybridized carbons (Fsp3) is 0.0455. The molecule has 8 heteroatoms. The SMILES string of the molecule is O=C(c1ccccc1)c1[nH]c2cc(Cl)ccc2c1Nc1ccc(F)cc1C(F)(F)F. The van der Waals surface area contributed by atoms with Crippen molar-refractivity contribution in [2.75, 3.05) is 5.32 Å². The summed E-state index contributed by atoms with van der Waals surface area (Å²) in [5.74, 6) is -1.43. The topological polar surface area (TPSA) is 44.9 Å². The molecule has 0 saturated carbocycles. The number of alkyl halides is 3. The molecule has 0 saturated heterocycles. The number of rotatable bonds is 4. The number of fused-ring (bicyclic) bond motifs is 1. The lowest BCUT2D eigenvalue weighted by molar-refractivity contribution is -0.137. The Hall–Kier alpha value is -3.32. The van der Waals surface area contributed by atoms with E-state index in [9.17, 15) is 22.4 Å². The Morgan fingerprint density at radius 2 is 1.70 bits per heavy atom. The highest BCUT2D eigenvalue weighted by atomic mass is 35.5. The Labute approximate surface area is 173 Å². The van der Waals surface area contributed by atoms with Gasteiger partial charge in [-0.1, -0.05) is 41.9 Å². The number of carbonyl (C=O) groups is 1. The van der Waals surface area contributed by atoms with Crippen molar-refractivity contribution in [3.63, 3.8) is 0 Å². The third-order valence-corrected chi connectivity index (χ3v) is 4.81. The molecule has 4 rings (SSSR count). The van der Waals surface area contributed by atoms with Crippen LogP contribution in [0.2, 0.25) is 5.02 Å². The van der Waals surface area contributed by atoms with Crippen LogP contribution in [0.3, 0.4) is 0 Å². The van der Waals surface area contributed by atoms with Crippen LogP contribution >= 0.6 is 11.6 Å². The summed E-state index contributed by atoms with van der Waals surface area (Å²) in [6.45, 7) is 0. The predicted octanol–water partition coefficient (Wildman–Crippen LogP) is 6.95. The van der Waals surface area contributed by atoms with Crippen LogP contribution in [0.25, 0.3) is 10.9 Å². The maximum absolute atomic E-state index is 13.5. The second-order valence-electron chi connectivity index (χ2n) is 6.57. The summed E-state index contributed by atoms with van der Waals surface area (Å²) in [6.07, 6.45) is -4.79. The van der Waals surface area contributed by atoms with Gasteiger partial charge in [-0.25, -0.2) is 4.39 Å². The fourth-order valence-corrected chi connectivity index (χ4v) is 3.37. The molecule has 0 atom stereocenters. The summed E-state index contributed by atoms with van der Waals surface area (Å²) < 4.78 is 53.8. The molecule has 0 bridgehead atoms. The molecule has 2 N–H and O–H groups in total. The van der Waals surface area contributed by atoms with E-state index in [1.54, 1.807) is 48.5 Å². The first-order chi connectivity index (χ1) is 14.2. The minimum absolute atomic E-state index is 0.0657. The lowest BCUT2D eigenvalue weighted by Crippen LogP contribution is -2.11. The van der Waals surface area contributed by atoms with Gasteiger partial charge in [-0.3, -0.25) is 4.79 Å². The number of carbonyl (C=O) groups excluding carboxylic acids is 1. The van der Waals surface area contributed by atoms with Gasteiger partial charge in [0.05, 0.1) is 16.9 Å². The molecule has 3 aromatic carbocycles. The van der Waals surface area contributed by atoms with Crippen LogP contribution in [-0.4, -0.2) is 10.8 Å². The predicted molar refractivity (Wildman–Crippen MR) is 108 cm³/mol. The number of halogens is 5. The van der Waals surface area contributed by atoms with Crippen LogP contribution in [0.1, 0.15) is 21.6 Å². The van der Waals surface area contributed by atoms with E-state index in [0.717, 1.165) is 12.1 Å². The summed E-state index contributed by atoms with van der Waals surface area (Å²) in [7, 11) is 0. The Bertz CT molecular complexity index is 1250. The number of nitrogens with one attached hydrogen (secondary N) is 2. The molecule has 30 heavy (non-hydrogen) atoms. The van der Waals surface area contributed by atoms with Gasteiger partial charge >= 0.3 is 6.18 Å². The van der Waals surface area contributed by atoms with Crippen molar-refractivity contribution in [2.45, 2.75) is 6.18 Å². The van der Waals surface area contributed by atoms with Gasteiger partial charge in [-0.05, 0) is 36.4 Å². The highest BCUT2D eigenvalue weighted by molar-refractivity contribution is 6.31. The maximum Gasteiger partial charge on any atom is 0.418 e. The standard InChI is InChI=1S/C22H13ClF4N2O/c23-13-6-8-15-18(10-13)29-20(21(30)12-4-2-1-3-5-12)19(15)28-17-9-7-14(24)11-16(17)22(25,26)27/h1-11,28-29H. The Morgan fingerprint density at radius 3 is 2.40 bits per heavy atom. The molecule has 0 aliphatic carbocycles. The first-order valence-electron chi connectivity index (χ1n) is 8.79. The molecule has 152 valence electrons. The minimum atomic E-state index is -4.79. The summed E-state index contributed by atoms with van der Waals surface area (Å²) in [4.78, 5) is 16.0. The first-order valence-corrected chi connectivity index (χ1v) is 9.16. The van der Waals surface area contributed by atoms with E-state index in [-0.39, 0.29) is 17.1 Å². The molecule has 0 amide bonds. The molecule has 0 radical (unpaired) electrons. The van der Waals surface area contributed by atoms with Gasteiger partial charge in [0.15, 0.2) is 0 Å². The molecular formula is C22H13ClF4N2O. The lowest BCUT2D eigenvalue weighted by atomic mass is 10.1. The molecule has 1 heterocycles. The van der Waals surface area contributed by atoms with Crippen molar-refractivity contribution in [3.8, 4) is 0 Å². The Balaban J connectivity index is 1.90. The molecule has 3 nitrogen and oxygen atoms in total. The van der Waals surface area contributed by atoms with Gasteiger partial charge in [0.2, 0.25) is 5.78 Å². The minimum Gasteiger partial charge on any atom is -0.353 e. The lowest BCUT2D eigenvalue weighted by Gasteiger charge is -2.15. The van der Waals surface area contributed by atoms with Crippen molar-refractivity contribution in [1.82, 2.24) is 4.98 Å². The van der Waals surface area contributed by atoms with E-state index in [1.807, 2.05) is 0 Å². The second kappa shape index (κ2) is 7.50. The first kappa shape index (κ1) is 20.0. The molecule has 0 aliphatic heterocycles. The van der Waals surface area contributed by atoms with Gasteiger partial charge in [-0.2, -0.15) is 13.2 Å². The van der Waals surface area contributed by atoms with Crippen LogP contribution in [0.15, 0.2) is 66.7 Å². The van der Waals surface area contributed by atoms with Crippen molar-refractivity contribution in [2.24, 2.45) is 0 Å². The normalized spacial score (nSPS) is 11.6. The molecule has 0 unspecified atom stereocenters. The number of aromatic amines is 1. The summed E-state index contributed by atoms with van der Waals surface area (Å²) >= 11 is 6.02. The average molecular weight is 433 g/mol. The molecule has 0 fully saturated rings. The number of anilines is 2. The molecule has 0 spiro atoms. The third kappa shape index (κ3) is 3.76. The van der Waals surface area contributed by atoms with Crippen LogP contribution < -0.4 is 5.32 Å². The quantitative estimate of drug-likeness (QED) is 0.270. The smallest absolute Gasteiger partial charge is 0.353 e. The average Bonchev–Trinajstić information content (AvgIpc) is 3.06. The van der Waals surface area contributed by atoms with Gasteiger partial charge < -0.3 is 10.3 Å². The van der Waals surface area contributed by atoms with Crippen LogP contribution in [-0.2, 0) is 6.18 Å². The molecule has 1 aromatic heterocycles. The summed E-state index contributed by atoms with van der Waals surface area (Å²) in [5.41, 5.74) is -0.511. The van der Waals surface area contributed by atoms with Crippen molar-refractivity contribution >= 4 is 39.7 Å². The highest BCUT2D eigenvalue weighted by Gasteiger charge is 2.34. The number of aromatic nitrogens is 1. The Kier molecular flexibility index (Phi) is 4.99. The molecule has 4 aromatic rings. The van der Waals surface area contributed by atoms with E-state index < -0.39 is 23.3 Å². The number of H-pyrrole nitrogens is 1. The van der Waals surface area contributed by atoms with E-state index >= 15 is 0 Å². The summed E-state index contributed by atoms with van der Waals surface area (Å²) in [6, 6.07) is 15.4. The third-order valence-electron chi connectivity index (χ3n) is 4.57. The van der Waals surface area contributed by atoms with E-state index in [2.05, 4.69) is 10.3 Å². The second-order valence-corrected chi connectivity index (χ2v) is 7.01. The number of hydrogen-bond acceptors (Lipinski definition) is 2. The number of hydrogen-bond donors (Lipinski definition) is 2. The van der Waals surface area contributed by atoms with E-state index in [0.29, 0.717) is 27.6 Å². The number of ketones is 1. The zero-order valence-corrected chi connectivity index (χ0v) is 15.9. The summed E-state index contributed by atoms with van der Waals surface area (Å²) in [5, 5.41) is 3.55. The van der Waals surface area contributed by atoms with Gasteiger partial charge in [0.25, 0.3) is 0 Å². The van der Waals surface area contributed by atoms with Gasteiger partial charge in [0.1, 0.15) is 11.5 Å². The van der Waals surface area contributed by atoms with Crippen molar-refractivity contribution in [3.05, 3.63) is 94.4 Å². The highest BCUT2D eigenvalue weighted by Crippen LogP contribution is 2.39. The van der Waals surface area contributed by atoms with Crippen LogP contribution in [0, 0.1) is 5.82 Å². The Morgan fingerprint density at radius 1 is 0.967 bits per heavy atom. The van der Waals surface area contributed by atoms with Crippen LogP contribution in [0.5, 0.6) is 0 Å². The zero-order valence-electron chi connectivity index (χ0n) is 15.1. The molecule has 0 aliphatic rings. The zero-order chi connectivity index (χ0) is 21.5.